The summed E-state index contributed by atoms with van der Waals surface area (Å²) in [7, 11) is 0. The molecule has 0 amide bonds. The van der Waals surface area contributed by atoms with Crippen molar-refractivity contribution in [3.63, 3.8) is 0 Å². The maximum atomic E-state index is 11.9. The van der Waals surface area contributed by atoms with Crippen molar-refractivity contribution < 1.29 is 4.79 Å². The van der Waals surface area contributed by atoms with E-state index < -0.39 is 0 Å². The number of unbranched alkanes of at least 4 members (excludes halogenated alkanes) is 6. The minimum absolute atomic E-state index is 0.310. The van der Waals surface area contributed by atoms with Crippen LogP contribution in [0.25, 0.3) is 0 Å². The fourth-order valence-electron chi connectivity index (χ4n) is 2.38. The van der Waals surface area contributed by atoms with E-state index in [-0.39, 0.29) is 0 Å². The summed E-state index contributed by atoms with van der Waals surface area (Å²) in [5.74, 6) is 0.310. The zero-order valence-corrected chi connectivity index (χ0v) is 13.6. The highest BCUT2D eigenvalue weighted by Crippen LogP contribution is 2.19. The molecule has 1 aromatic rings. The van der Waals surface area contributed by atoms with Crippen LogP contribution < -0.4 is 0 Å². The van der Waals surface area contributed by atoms with E-state index in [9.17, 15) is 4.79 Å². The van der Waals surface area contributed by atoms with E-state index in [2.05, 4.69) is 6.92 Å². The molecule has 0 saturated carbocycles. The standard InChI is InChI=1S/C18H27ClO/c1-3-4-5-6-7-8-9-10-17(20)14-16-12-11-15(2)13-18(16)19/h11-13H,3-10,14H2,1-2H3. The zero-order valence-electron chi connectivity index (χ0n) is 12.9. The summed E-state index contributed by atoms with van der Waals surface area (Å²) in [6.45, 7) is 4.24. The predicted octanol–water partition coefficient (Wildman–Crippen LogP) is 5.90. The van der Waals surface area contributed by atoms with E-state index in [0.717, 1.165) is 22.6 Å². The molecule has 0 aliphatic rings. The largest absolute Gasteiger partial charge is 0.299 e. The van der Waals surface area contributed by atoms with Gasteiger partial charge in [0.05, 0.1) is 0 Å². The van der Waals surface area contributed by atoms with Crippen molar-refractivity contribution in [1.82, 2.24) is 0 Å². The van der Waals surface area contributed by atoms with E-state index in [1.807, 2.05) is 25.1 Å². The van der Waals surface area contributed by atoms with Crippen LogP contribution in [0.4, 0.5) is 0 Å². The summed E-state index contributed by atoms with van der Waals surface area (Å²) in [4.78, 5) is 11.9. The summed E-state index contributed by atoms with van der Waals surface area (Å²) in [6, 6.07) is 5.92. The van der Waals surface area contributed by atoms with Crippen LogP contribution in [-0.2, 0) is 11.2 Å². The summed E-state index contributed by atoms with van der Waals surface area (Å²) in [5, 5.41) is 0.720. The molecule has 0 saturated heterocycles. The first-order valence-electron chi connectivity index (χ1n) is 7.90. The Bertz CT molecular complexity index is 412. The number of rotatable bonds is 10. The lowest BCUT2D eigenvalue weighted by Crippen LogP contribution is -2.03. The Kier molecular flexibility index (Phi) is 8.60. The topological polar surface area (TPSA) is 17.1 Å². The third-order valence-electron chi connectivity index (χ3n) is 3.66. The Hall–Kier alpha value is -0.820. The molecular formula is C18H27ClO. The van der Waals surface area contributed by atoms with E-state index in [1.54, 1.807) is 0 Å². The van der Waals surface area contributed by atoms with E-state index in [4.69, 9.17) is 11.6 Å². The van der Waals surface area contributed by atoms with Crippen molar-refractivity contribution in [2.45, 2.75) is 71.6 Å². The highest BCUT2D eigenvalue weighted by Gasteiger charge is 2.07. The van der Waals surface area contributed by atoms with Gasteiger partial charge in [0.1, 0.15) is 5.78 Å². The number of hydrogen-bond donors (Lipinski definition) is 0. The molecule has 0 aromatic heterocycles. The number of carbonyl (C=O) groups excluding carboxylic acids is 1. The molecule has 1 rings (SSSR count). The van der Waals surface area contributed by atoms with E-state index in [1.165, 1.54) is 38.5 Å². The average molecular weight is 295 g/mol. The van der Waals surface area contributed by atoms with Crippen molar-refractivity contribution in [1.29, 1.82) is 0 Å². The van der Waals surface area contributed by atoms with Gasteiger partial charge in [-0.2, -0.15) is 0 Å². The van der Waals surface area contributed by atoms with Crippen molar-refractivity contribution >= 4 is 17.4 Å². The molecule has 112 valence electrons. The molecule has 0 aliphatic carbocycles. The molecule has 0 bridgehead atoms. The van der Waals surface area contributed by atoms with Gasteiger partial charge in [0.25, 0.3) is 0 Å². The van der Waals surface area contributed by atoms with Crippen LogP contribution in [0.3, 0.4) is 0 Å². The zero-order chi connectivity index (χ0) is 14.8. The number of benzene rings is 1. The Morgan fingerprint density at radius 1 is 1.05 bits per heavy atom. The molecule has 0 spiro atoms. The van der Waals surface area contributed by atoms with Gasteiger partial charge in [-0.3, -0.25) is 4.79 Å². The van der Waals surface area contributed by atoms with Crippen molar-refractivity contribution in [2.24, 2.45) is 0 Å². The molecule has 0 atom stereocenters. The second kappa shape index (κ2) is 9.99. The lowest BCUT2D eigenvalue weighted by atomic mass is 10.0. The molecule has 0 N–H and O–H groups in total. The molecule has 0 unspecified atom stereocenters. The van der Waals surface area contributed by atoms with E-state index >= 15 is 0 Å². The van der Waals surface area contributed by atoms with Gasteiger partial charge in [-0.25, -0.2) is 0 Å². The first kappa shape index (κ1) is 17.2. The minimum atomic E-state index is 0.310. The van der Waals surface area contributed by atoms with Crippen LogP contribution in [0.1, 0.15) is 69.4 Å². The fourth-order valence-corrected chi connectivity index (χ4v) is 2.68. The molecular weight excluding hydrogens is 268 g/mol. The van der Waals surface area contributed by atoms with Gasteiger partial charge < -0.3 is 0 Å². The Morgan fingerprint density at radius 3 is 2.35 bits per heavy atom. The quantitative estimate of drug-likeness (QED) is 0.491. The first-order valence-corrected chi connectivity index (χ1v) is 8.28. The highest BCUT2D eigenvalue weighted by atomic mass is 35.5. The van der Waals surface area contributed by atoms with Gasteiger partial charge in [0.15, 0.2) is 0 Å². The molecule has 2 heteroatoms. The van der Waals surface area contributed by atoms with Gasteiger partial charge in [-0.1, -0.05) is 69.2 Å². The molecule has 0 heterocycles. The summed E-state index contributed by atoms with van der Waals surface area (Å²) < 4.78 is 0. The van der Waals surface area contributed by atoms with Crippen molar-refractivity contribution in [3.05, 3.63) is 34.3 Å². The van der Waals surface area contributed by atoms with Gasteiger partial charge in [0.2, 0.25) is 0 Å². The highest BCUT2D eigenvalue weighted by molar-refractivity contribution is 6.31. The third kappa shape index (κ3) is 7.09. The average Bonchev–Trinajstić information content (AvgIpc) is 2.41. The van der Waals surface area contributed by atoms with Crippen molar-refractivity contribution in [3.8, 4) is 0 Å². The maximum absolute atomic E-state index is 11.9. The van der Waals surface area contributed by atoms with Gasteiger partial charge in [-0.05, 0) is 30.5 Å². The predicted molar refractivity (Wildman–Crippen MR) is 87.5 cm³/mol. The Balaban J connectivity index is 2.17. The number of ketones is 1. The molecule has 1 aromatic carbocycles. The minimum Gasteiger partial charge on any atom is -0.299 e. The van der Waals surface area contributed by atoms with E-state index in [0.29, 0.717) is 18.6 Å². The van der Waals surface area contributed by atoms with Gasteiger partial charge in [-0.15, -0.1) is 0 Å². The smallest absolute Gasteiger partial charge is 0.137 e. The summed E-state index contributed by atoms with van der Waals surface area (Å²) >= 11 is 6.15. The third-order valence-corrected chi connectivity index (χ3v) is 4.01. The summed E-state index contributed by atoms with van der Waals surface area (Å²) in [5.41, 5.74) is 2.10. The number of carbonyl (C=O) groups is 1. The Labute approximate surface area is 128 Å². The number of aryl methyl sites for hydroxylation is 1. The second-order valence-corrected chi connectivity index (χ2v) is 6.09. The first-order chi connectivity index (χ1) is 9.63. The second-order valence-electron chi connectivity index (χ2n) is 5.68. The van der Waals surface area contributed by atoms with Crippen LogP contribution in [0.15, 0.2) is 18.2 Å². The lowest BCUT2D eigenvalue weighted by molar-refractivity contribution is -0.118. The monoisotopic (exact) mass is 294 g/mol. The normalized spacial score (nSPS) is 10.8. The van der Waals surface area contributed by atoms with Crippen LogP contribution in [0.2, 0.25) is 5.02 Å². The SMILES string of the molecule is CCCCCCCCCC(=O)Cc1ccc(C)cc1Cl. The van der Waals surface area contributed by atoms with Crippen LogP contribution in [0, 0.1) is 6.92 Å². The summed E-state index contributed by atoms with van der Waals surface area (Å²) in [6.07, 6.45) is 9.91. The van der Waals surface area contributed by atoms with Crippen LogP contribution in [0.5, 0.6) is 0 Å². The molecule has 1 nitrogen and oxygen atoms in total. The number of hydrogen-bond acceptors (Lipinski definition) is 1. The van der Waals surface area contributed by atoms with Gasteiger partial charge in [0, 0.05) is 17.9 Å². The fraction of sp³-hybridized carbons (Fsp3) is 0.611. The Morgan fingerprint density at radius 2 is 1.70 bits per heavy atom. The van der Waals surface area contributed by atoms with Crippen LogP contribution >= 0.6 is 11.6 Å². The van der Waals surface area contributed by atoms with Crippen LogP contribution in [-0.4, -0.2) is 5.78 Å². The number of halogens is 1. The van der Waals surface area contributed by atoms with Gasteiger partial charge >= 0.3 is 0 Å². The molecule has 0 radical (unpaired) electrons. The molecule has 0 fully saturated rings. The molecule has 0 aliphatic heterocycles. The number of Topliss-reactive ketones (excluding diaryl/α,β-unsaturated/α-hetero) is 1. The molecule has 20 heavy (non-hydrogen) atoms. The lowest BCUT2D eigenvalue weighted by Gasteiger charge is -2.05. The van der Waals surface area contributed by atoms with Crippen molar-refractivity contribution in [2.75, 3.05) is 0 Å². The maximum Gasteiger partial charge on any atom is 0.137 e.